The summed E-state index contributed by atoms with van der Waals surface area (Å²) in [6, 6.07) is 10.5. The quantitative estimate of drug-likeness (QED) is 0.719. The predicted octanol–water partition coefficient (Wildman–Crippen LogP) is 2.41. The van der Waals surface area contributed by atoms with Crippen molar-refractivity contribution in [3.05, 3.63) is 30.3 Å². The molecule has 1 fully saturated rings. The molecule has 1 saturated heterocycles. The SMILES string of the molecule is CN(C1=N[C@@]12CCSC2)c1ccccc1. The highest BCUT2D eigenvalue weighted by Gasteiger charge is 2.51. The lowest BCUT2D eigenvalue weighted by Crippen LogP contribution is -2.31. The highest BCUT2D eigenvalue weighted by Crippen LogP contribution is 2.43. The van der Waals surface area contributed by atoms with E-state index in [0.29, 0.717) is 0 Å². The third-order valence-electron chi connectivity index (χ3n) is 3.15. The minimum atomic E-state index is 0.218. The Labute approximate surface area is 94.4 Å². The number of benzene rings is 1. The highest BCUT2D eigenvalue weighted by atomic mass is 32.2. The first kappa shape index (κ1) is 9.28. The van der Waals surface area contributed by atoms with E-state index in [0.717, 1.165) is 0 Å². The summed E-state index contributed by atoms with van der Waals surface area (Å²) in [5.41, 5.74) is 1.46. The molecule has 15 heavy (non-hydrogen) atoms. The van der Waals surface area contributed by atoms with E-state index in [1.54, 1.807) is 0 Å². The standard InChI is InChI=1S/C12H14N2S/c1-14(10-5-3-2-4-6-10)11-12(13-11)7-8-15-9-12/h2-6H,7-9H2,1H3/t12-/m1/s1. The molecule has 1 spiro atoms. The second-order valence-corrected chi connectivity index (χ2v) is 5.27. The second-order valence-electron chi connectivity index (χ2n) is 4.16. The average Bonchev–Trinajstić information content (AvgIpc) is 2.77. The van der Waals surface area contributed by atoms with E-state index >= 15 is 0 Å². The number of likely N-dealkylation sites (N-methyl/N-ethyl adjacent to an activating group) is 1. The van der Waals surface area contributed by atoms with Crippen LogP contribution in [0.5, 0.6) is 0 Å². The van der Waals surface area contributed by atoms with Gasteiger partial charge in [-0.3, -0.25) is 4.99 Å². The van der Waals surface area contributed by atoms with Gasteiger partial charge in [-0.15, -0.1) is 0 Å². The summed E-state index contributed by atoms with van der Waals surface area (Å²) in [4.78, 5) is 6.91. The normalized spacial score (nSPS) is 27.9. The summed E-state index contributed by atoms with van der Waals surface area (Å²) in [6.45, 7) is 0. The molecule has 2 aliphatic heterocycles. The van der Waals surface area contributed by atoms with Crippen LogP contribution in [0.2, 0.25) is 0 Å². The van der Waals surface area contributed by atoms with Crippen molar-refractivity contribution in [3.8, 4) is 0 Å². The van der Waals surface area contributed by atoms with Crippen LogP contribution in [0.3, 0.4) is 0 Å². The molecule has 1 aromatic rings. The van der Waals surface area contributed by atoms with E-state index in [-0.39, 0.29) is 5.54 Å². The number of hydrogen-bond acceptors (Lipinski definition) is 3. The van der Waals surface area contributed by atoms with Gasteiger partial charge < -0.3 is 4.90 Å². The van der Waals surface area contributed by atoms with Crippen molar-refractivity contribution in [3.63, 3.8) is 0 Å². The van der Waals surface area contributed by atoms with Gasteiger partial charge in [-0.25, -0.2) is 0 Å². The molecule has 2 nitrogen and oxygen atoms in total. The van der Waals surface area contributed by atoms with E-state index in [2.05, 4.69) is 41.2 Å². The maximum atomic E-state index is 4.68. The van der Waals surface area contributed by atoms with Crippen LogP contribution >= 0.6 is 11.8 Å². The van der Waals surface area contributed by atoms with Crippen molar-refractivity contribution in [1.82, 2.24) is 0 Å². The molecule has 0 radical (unpaired) electrons. The van der Waals surface area contributed by atoms with Gasteiger partial charge in [0, 0.05) is 18.5 Å². The molecule has 0 amide bonds. The zero-order valence-electron chi connectivity index (χ0n) is 8.81. The van der Waals surface area contributed by atoms with Gasteiger partial charge in [0.25, 0.3) is 0 Å². The monoisotopic (exact) mass is 218 g/mol. The fourth-order valence-electron chi connectivity index (χ4n) is 2.15. The Hall–Kier alpha value is -0.960. The van der Waals surface area contributed by atoms with Crippen LogP contribution in [0.4, 0.5) is 5.69 Å². The first-order valence-corrected chi connectivity index (χ1v) is 6.44. The van der Waals surface area contributed by atoms with Crippen molar-refractivity contribution in [2.24, 2.45) is 4.99 Å². The first-order chi connectivity index (χ1) is 7.32. The first-order valence-electron chi connectivity index (χ1n) is 5.29. The number of nitrogens with zero attached hydrogens (tertiary/aromatic N) is 2. The number of para-hydroxylation sites is 1. The molecule has 3 heteroatoms. The van der Waals surface area contributed by atoms with Crippen LogP contribution in [0.15, 0.2) is 35.3 Å². The Bertz CT molecular complexity index is 393. The van der Waals surface area contributed by atoms with Crippen LogP contribution in [0, 0.1) is 0 Å². The van der Waals surface area contributed by atoms with Gasteiger partial charge >= 0.3 is 0 Å². The maximum Gasteiger partial charge on any atom is 0.133 e. The number of aliphatic imine (C=N–C) groups is 1. The summed E-state index contributed by atoms with van der Waals surface area (Å²) in [5, 5.41) is 0. The lowest BCUT2D eigenvalue weighted by atomic mass is 10.1. The average molecular weight is 218 g/mol. The summed E-state index contributed by atoms with van der Waals surface area (Å²) < 4.78 is 0. The van der Waals surface area contributed by atoms with Gasteiger partial charge in [-0.05, 0) is 24.3 Å². The Kier molecular flexibility index (Phi) is 2.02. The number of hydrogen-bond donors (Lipinski definition) is 0. The van der Waals surface area contributed by atoms with E-state index < -0.39 is 0 Å². The Balaban J connectivity index is 1.77. The van der Waals surface area contributed by atoms with Crippen LogP contribution < -0.4 is 4.90 Å². The zero-order chi connectivity index (χ0) is 10.3. The summed E-state index contributed by atoms with van der Waals surface area (Å²) in [6.07, 6.45) is 1.23. The van der Waals surface area contributed by atoms with Gasteiger partial charge in [-0.2, -0.15) is 11.8 Å². The Morgan fingerprint density at radius 2 is 2.13 bits per heavy atom. The molecule has 78 valence electrons. The molecule has 0 bridgehead atoms. The molecule has 0 aliphatic carbocycles. The van der Waals surface area contributed by atoms with Gasteiger partial charge in [0.05, 0.1) is 0 Å². The van der Waals surface area contributed by atoms with E-state index in [1.165, 1.54) is 29.4 Å². The fraction of sp³-hybridized carbons (Fsp3) is 0.417. The van der Waals surface area contributed by atoms with E-state index in [1.807, 2.05) is 17.8 Å². The summed E-state index contributed by atoms with van der Waals surface area (Å²) in [5.74, 6) is 3.72. The molecule has 1 aromatic carbocycles. The van der Waals surface area contributed by atoms with Crippen molar-refractivity contribution >= 4 is 23.3 Å². The van der Waals surface area contributed by atoms with E-state index in [9.17, 15) is 0 Å². The van der Waals surface area contributed by atoms with Gasteiger partial charge in [0.2, 0.25) is 0 Å². The molecule has 0 N–H and O–H groups in total. The molecule has 2 aliphatic rings. The van der Waals surface area contributed by atoms with Gasteiger partial charge in [0.1, 0.15) is 11.4 Å². The minimum absolute atomic E-state index is 0.218. The second kappa shape index (κ2) is 3.27. The van der Waals surface area contributed by atoms with Crippen LogP contribution in [0.1, 0.15) is 6.42 Å². The predicted molar refractivity (Wildman–Crippen MR) is 67.0 cm³/mol. The topological polar surface area (TPSA) is 15.6 Å². The zero-order valence-corrected chi connectivity index (χ0v) is 9.63. The van der Waals surface area contributed by atoms with Crippen LogP contribution in [0.25, 0.3) is 0 Å². The van der Waals surface area contributed by atoms with Crippen LogP contribution in [-0.2, 0) is 0 Å². The largest absolute Gasteiger partial charge is 0.331 e. The summed E-state index contributed by atoms with van der Waals surface area (Å²) in [7, 11) is 2.12. The molecule has 1 atom stereocenters. The third-order valence-corrected chi connectivity index (χ3v) is 4.32. The fourth-order valence-corrected chi connectivity index (χ4v) is 3.46. The van der Waals surface area contributed by atoms with Crippen molar-refractivity contribution in [2.45, 2.75) is 12.0 Å². The highest BCUT2D eigenvalue weighted by molar-refractivity contribution is 7.99. The molecule has 0 saturated carbocycles. The number of amidine groups is 1. The number of thioether (sulfide) groups is 1. The lowest BCUT2D eigenvalue weighted by Gasteiger charge is -2.17. The molecular weight excluding hydrogens is 204 g/mol. The summed E-state index contributed by atoms with van der Waals surface area (Å²) >= 11 is 2.02. The van der Waals surface area contributed by atoms with Crippen molar-refractivity contribution < 1.29 is 0 Å². The third kappa shape index (κ3) is 1.46. The molecule has 2 heterocycles. The van der Waals surface area contributed by atoms with Crippen LogP contribution in [-0.4, -0.2) is 29.9 Å². The molecule has 0 unspecified atom stereocenters. The molecule has 3 rings (SSSR count). The minimum Gasteiger partial charge on any atom is -0.331 e. The number of rotatable bonds is 1. The number of anilines is 1. The smallest absolute Gasteiger partial charge is 0.133 e. The Morgan fingerprint density at radius 3 is 2.80 bits per heavy atom. The molecule has 0 aromatic heterocycles. The molecular formula is C12H14N2S. The lowest BCUT2D eigenvalue weighted by molar-refractivity contribution is 0.742. The van der Waals surface area contributed by atoms with E-state index in [4.69, 9.17) is 0 Å². The van der Waals surface area contributed by atoms with Gasteiger partial charge in [-0.1, -0.05) is 18.2 Å². The van der Waals surface area contributed by atoms with Crippen molar-refractivity contribution in [2.75, 3.05) is 23.5 Å². The Morgan fingerprint density at radius 1 is 1.33 bits per heavy atom. The van der Waals surface area contributed by atoms with Crippen molar-refractivity contribution in [1.29, 1.82) is 0 Å². The maximum absolute atomic E-state index is 4.68. The van der Waals surface area contributed by atoms with Gasteiger partial charge in [0.15, 0.2) is 0 Å².